The van der Waals surface area contributed by atoms with Crippen LogP contribution in [-0.2, 0) is 10.0 Å². The Kier molecular flexibility index (Phi) is 4.81. The molecule has 1 heterocycles. The number of benzene rings is 1. The zero-order valence-electron chi connectivity index (χ0n) is 9.57. The van der Waals surface area contributed by atoms with Gasteiger partial charge in [0.2, 0.25) is 0 Å². The van der Waals surface area contributed by atoms with E-state index in [1.165, 1.54) is 24.4 Å². The van der Waals surface area contributed by atoms with Gasteiger partial charge >= 0.3 is 0 Å². The SMILES string of the molecule is O=S(=O)(Nc1c(Cl)cc(Br)cc1Cl)c1cnccc1Cl. The van der Waals surface area contributed by atoms with Crippen molar-refractivity contribution in [2.45, 2.75) is 4.90 Å². The number of rotatable bonds is 3. The molecule has 4 nitrogen and oxygen atoms in total. The minimum absolute atomic E-state index is 0.0526. The van der Waals surface area contributed by atoms with Crippen LogP contribution in [0.25, 0.3) is 0 Å². The Labute approximate surface area is 139 Å². The molecule has 0 bridgehead atoms. The Morgan fingerprint density at radius 3 is 2.25 bits per heavy atom. The van der Waals surface area contributed by atoms with Crippen molar-refractivity contribution in [3.63, 3.8) is 0 Å². The zero-order valence-corrected chi connectivity index (χ0v) is 14.2. The van der Waals surface area contributed by atoms with Crippen molar-refractivity contribution >= 4 is 66.4 Å². The molecule has 0 aliphatic carbocycles. The maximum Gasteiger partial charge on any atom is 0.265 e. The molecule has 1 N–H and O–H groups in total. The van der Waals surface area contributed by atoms with E-state index < -0.39 is 10.0 Å². The third kappa shape index (κ3) is 3.38. The Hall–Kier alpha value is -0.530. The van der Waals surface area contributed by atoms with Crippen LogP contribution in [0.1, 0.15) is 0 Å². The normalized spacial score (nSPS) is 11.4. The quantitative estimate of drug-likeness (QED) is 0.795. The van der Waals surface area contributed by atoms with Gasteiger partial charge in [-0.2, -0.15) is 0 Å². The van der Waals surface area contributed by atoms with Gasteiger partial charge in [0.25, 0.3) is 10.0 Å². The first-order chi connectivity index (χ1) is 9.31. The lowest BCUT2D eigenvalue weighted by Gasteiger charge is -2.12. The summed E-state index contributed by atoms with van der Waals surface area (Å²) >= 11 is 21.0. The summed E-state index contributed by atoms with van der Waals surface area (Å²) in [5.74, 6) is 0. The molecule has 0 fully saturated rings. The van der Waals surface area contributed by atoms with Crippen LogP contribution in [0.15, 0.2) is 40.0 Å². The monoisotopic (exact) mass is 414 g/mol. The molecule has 0 amide bonds. The molecular weight excluding hydrogens is 410 g/mol. The van der Waals surface area contributed by atoms with E-state index in [-0.39, 0.29) is 25.7 Å². The lowest BCUT2D eigenvalue weighted by atomic mass is 10.3. The number of nitrogens with one attached hydrogen (secondary N) is 1. The van der Waals surface area contributed by atoms with Gasteiger partial charge in [-0.25, -0.2) is 8.42 Å². The van der Waals surface area contributed by atoms with Crippen molar-refractivity contribution in [2.24, 2.45) is 0 Å². The topological polar surface area (TPSA) is 59.1 Å². The summed E-state index contributed by atoms with van der Waals surface area (Å²) in [6, 6.07) is 4.42. The Balaban J connectivity index is 2.47. The molecular formula is C11H6BrCl3N2O2S. The summed E-state index contributed by atoms with van der Waals surface area (Å²) in [6.07, 6.45) is 2.53. The summed E-state index contributed by atoms with van der Waals surface area (Å²) in [6.45, 7) is 0. The van der Waals surface area contributed by atoms with E-state index in [0.29, 0.717) is 4.47 Å². The third-order valence-corrected chi connectivity index (χ3v) is 5.14. The minimum Gasteiger partial charge on any atom is -0.276 e. The second-order valence-electron chi connectivity index (χ2n) is 3.66. The Bertz CT molecular complexity index is 745. The third-order valence-electron chi connectivity index (χ3n) is 2.27. The van der Waals surface area contributed by atoms with Gasteiger partial charge in [0.05, 0.1) is 20.8 Å². The summed E-state index contributed by atoms with van der Waals surface area (Å²) in [4.78, 5) is 3.58. The second kappa shape index (κ2) is 6.07. The molecule has 0 aliphatic heterocycles. The van der Waals surface area contributed by atoms with E-state index in [1.807, 2.05) is 0 Å². The number of aromatic nitrogens is 1. The molecule has 0 saturated heterocycles. The van der Waals surface area contributed by atoms with E-state index in [4.69, 9.17) is 34.8 Å². The smallest absolute Gasteiger partial charge is 0.265 e. The van der Waals surface area contributed by atoms with Crippen LogP contribution in [0.4, 0.5) is 5.69 Å². The number of anilines is 1. The molecule has 1 aromatic carbocycles. The van der Waals surface area contributed by atoms with Gasteiger partial charge in [0, 0.05) is 16.9 Å². The second-order valence-corrected chi connectivity index (χ2v) is 7.44. The molecule has 0 spiro atoms. The van der Waals surface area contributed by atoms with Crippen LogP contribution in [0, 0.1) is 0 Å². The van der Waals surface area contributed by atoms with Gasteiger partial charge in [-0.15, -0.1) is 0 Å². The van der Waals surface area contributed by atoms with Gasteiger partial charge in [-0.3, -0.25) is 9.71 Å². The Morgan fingerprint density at radius 2 is 1.70 bits per heavy atom. The maximum atomic E-state index is 12.2. The van der Waals surface area contributed by atoms with Crippen LogP contribution < -0.4 is 4.72 Å². The zero-order chi connectivity index (χ0) is 14.9. The van der Waals surface area contributed by atoms with Gasteiger partial charge < -0.3 is 0 Å². The molecule has 0 aliphatic rings. The lowest BCUT2D eigenvalue weighted by molar-refractivity contribution is 0.601. The highest BCUT2D eigenvalue weighted by Gasteiger charge is 2.21. The molecule has 106 valence electrons. The van der Waals surface area contributed by atoms with Crippen molar-refractivity contribution in [1.82, 2.24) is 4.98 Å². The van der Waals surface area contributed by atoms with E-state index >= 15 is 0 Å². The summed E-state index contributed by atoms with van der Waals surface area (Å²) in [5, 5.41) is 0.373. The summed E-state index contributed by atoms with van der Waals surface area (Å²) in [5.41, 5.74) is 0.0800. The van der Waals surface area contributed by atoms with Gasteiger partial charge in [0.1, 0.15) is 4.90 Å². The highest BCUT2D eigenvalue weighted by molar-refractivity contribution is 9.10. The van der Waals surface area contributed by atoms with E-state index in [9.17, 15) is 8.42 Å². The fourth-order valence-corrected chi connectivity index (χ4v) is 4.34. The average Bonchev–Trinajstić information content (AvgIpc) is 2.34. The first-order valence-corrected chi connectivity index (χ1v) is 8.49. The van der Waals surface area contributed by atoms with Crippen LogP contribution in [0.2, 0.25) is 15.1 Å². The van der Waals surface area contributed by atoms with E-state index in [2.05, 4.69) is 25.6 Å². The molecule has 0 saturated carbocycles. The Morgan fingerprint density at radius 1 is 1.10 bits per heavy atom. The van der Waals surface area contributed by atoms with Gasteiger partial charge in [-0.1, -0.05) is 50.7 Å². The number of hydrogen-bond donors (Lipinski definition) is 1. The van der Waals surface area contributed by atoms with Crippen molar-refractivity contribution in [1.29, 1.82) is 0 Å². The predicted octanol–water partition coefficient (Wildman–Crippen LogP) is 4.61. The summed E-state index contributed by atoms with van der Waals surface area (Å²) in [7, 11) is -3.93. The van der Waals surface area contributed by atoms with Crippen molar-refractivity contribution in [2.75, 3.05) is 4.72 Å². The largest absolute Gasteiger partial charge is 0.276 e. The molecule has 2 aromatic rings. The summed E-state index contributed by atoms with van der Waals surface area (Å²) < 4.78 is 27.4. The minimum atomic E-state index is -3.93. The predicted molar refractivity (Wildman–Crippen MR) is 84.2 cm³/mol. The van der Waals surface area contributed by atoms with Crippen LogP contribution in [0.5, 0.6) is 0 Å². The van der Waals surface area contributed by atoms with E-state index in [0.717, 1.165) is 6.20 Å². The highest BCUT2D eigenvalue weighted by atomic mass is 79.9. The average molecular weight is 417 g/mol. The van der Waals surface area contributed by atoms with E-state index in [1.54, 1.807) is 0 Å². The van der Waals surface area contributed by atoms with Crippen molar-refractivity contribution < 1.29 is 8.42 Å². The molecule has 2 rings (SSSR count). The lowest BCUT2D eigenvalue weighted by Crippen LogP contribution is -2.14. The van der Waals surface area contributed by atoms with Gasteiger partial charge in [-0.05, 0) is 18.2 Å². The van der Waals surface area contributed by atoms with Gasteiger partial charge in [0.15, 0.2) is 0 Å². The standard InChI is InChI=1S/C11H6BrCl3N2O2S/c12-6-3-8(14)11(9(15)4-6)17-20(18,19)10-5-16-2-1-7(10)13/h1-5,17H. The van der Waals surface area contributed by atoms with Crippen molar-refractivity contribution in [3.8, 4) is 0 Å². The number of sulfonamides is 1. The first-order valence-electron chi connectivity index (χ1n) is 5.08. The fraction of sp³-hybridized carbons (Fsp3) is 0. The number of nitrogens with zero attached hydrogens (tertiary/aromatic N) is 1. The number of halogens is 4. The number of hydrogen-bond acceptors (Lipinski definition) is 3. The fourth-order valence-electron chi connectivity index (χ4n) is 1.39. The highest BCUT2D eigenvalue weighted by Crippen LogP contribution is 2.35. The molecule has 20 heavy (non-hydrogen) atoms. The first kappa shape index (κ1) is 15.9. The van der Waals surface area contributed by atoms with Crippen LogP contribution >= 0.6 is 50.7 Å². The van der Waals surface area contributed by atoms with Crippen molar-refractivity contribution in [3.05, 3.63) is 50.1 Å². The molecule has 0 radical (unpaired) electrons. The van der Waals surface area contributed by atoms with Crippen LogP contribution in [0.3, 0.4) is 0 Å². The number of pyridine rings is 1. The van der Waals surface area contributed by atoms with Crippen LogP contribution in [-0.4, -0.2) is 13.4 Å². The maximum absolute atomic E-state index is 12.2. The molecule has 0 unspecified atom stereocenters. The molecule has 9 heteroatoms. The molecule has 0 atom stereocenters. The molecule has 1 aromatic heterocycles.